The van der Waals surface area contributed by atoms with Gasteiger partial charge in [-0.1, -0.05) is 51.1 Å². The maximum absolute atomic E-state index is 9.28. The van der Waals surface area contributed by atoms with E-state index in [0.29, 0.717) is 0 Å². The van der Waals surface area contributed by atoms with Gasteiger partial charge in [0, 0.05) is 0 Å². The Balaban J connectivity index is 2.95. The van der Waals surface area contributed by atoms with E-state index in [2.05, 4.69) is 13.5 Å². The van der Waals surface area contributed by atoms with Crippen molar-refractivity contribution in [1.29, 1.82) is 0 Å². The number of rotatable bonds is 8. The summed E-state index contributed by atoms with van der Waals surface area (Å²) >= 11 is 0. The quantitative estimate of drug-likeness (QED) is 0.456. The van der Waals surface area contributed by atoms with Crippen molar-refractivity contribution in [2.24, 2.45) is 0 Å². The highest BCUT2D eigenvalue weighted by Gasteiger charge is 1.99. The molecule has 0 heterocycles. The zero-order valence-corrected chi connectivity index (χ0v) is 9.41. The summed E-state index contributed by atoms with van der Waals surface area (Å²) in [7, 11) is -1.48. The molecule has 0 aromatic rings. The summed E-state index contributed by atoms with van der Waals surface area (Å²) in [5.41, 5.74) is 1.76. The molecular formula is C10H22OSi. The largest absolute Gasteiger partial charge is 0.431 e. The first kappa shape index (κ1) is 11.9. The Bertz CT molecular complexity index is 104. The zero-order valence-electron chi connectivity index (χ0n) is 8.26. The second-order valence-electron chi connectivity index (χ2n) is 3.36. The van der Waals surface area contributed by atoms with Gasteiger partial charge < -0.3 is 4.80 Å². The lowest BCUT2D eigenvalue weighted by atomic mass is 10.1. The Kier molecular flexibility index (Phi) is 8.95. The molecule has 12 heavy (non-hydrogen) atoms. The van der Waals surface area contributed by atoms with E-state index in [1.165, 1.54) is 38.5 Å². The molecular weight excluding hydrogens is 164 g/mol. The van der Waals surface area contributed by atoms with Gasteiger partial charge in [-0.3, -0.25) is 0 Å². The summed E-state index contributed by atoms with van der Waals surface area (Å²) in [6.45, 7) is 5.83. The van der Waals surface area contributed by atoms with Crippen LogP contribution in [0.1, 0.15) is 45.4 Å². The molecule has 0 saturated heterocycles. The van der Waals surface area contributed by atoms with Gasteiger partial charge in [-0.2, -0.15) is 0 Å². The molecule has 0 aliphatic heterocycles. The lowest BCUT2D eigenvalue weighted by Gasteiger charge is -2.02. The van der Waals surface area contributed by atoms with Crippen molar-refractivity contribution in [3.05, 3.63) is 12.3 Å². The highest BCUT2D eigenvalue weighted by Crippen LogP contribution is 2.08. The topological polar surface area (TPSA) is 20.2 Å². The molecule has 0 aromatic heterocycles. The maximum Gasteiger partial charge on any atom is 0.196 e. The van der Waals surface area contributed by atoms with E-state index in [1.54, 1.807) is 5.70 Å². The molecule has 1 atom stereocenters. The van der Waals surface area contributed by atoms with Crippen LogP contribution in [-0.4, -0.2) is 13.8 Å². The Labute approximate surface area is 78.2 Å². The minimum Gasteiger partial charge on any atom is -0.431 e. The van der Waals surface area contributed by atoms with Crippen LogP contribution in [0.5, 0.6) is 0 Å². The average molecular weight is 186 g/mol. The molecule has 72 valence electrons. The first-order valence-electron chi connectivity index (χ1n) is 5.12. The zero-order chi connectivity index (χ0) is 9.23. The van der Waals surface area contributed by atoms with Crippen LogP contribution in [0.4, 0.5) is 0 Å². The average Bonchev–Trinajstić information content (AvgIpc) is 2.10. The summed E-state index contributed by atoms with van der Waals surface area (Å²) < 4.78 is 0. The third-order valence-electron chi connectivity index (χ3n) is 2.13. The summed E-state index contributed by atoms with van der Waals surface area (Å²) in [6, 6.07) is 1.02. The molecule has 0 amide bonds. The Morgan fingerprint density at radius 1 is 1.17 bits per heavy atom. The van der Waals surface area contributed by atoms with Crippen molar-refractivity contribution in [1.82, 2.24) is 0 Å². The van der Waals surface area contributed by atoms with E-state index in [1.807, 2.05) is 0 Å². The van der Waals surface area contributed by atoms with E-state index in [-0.39, 0.29) is 0 Å². The smallest absolute Gasteiger partial charge is 0.196 e. The maximum atomic E-state index is 9.28. The molecule has 1 nitrogen and oxygen atoms in total. The van der Waals surface area contributed by atoms with Crippen molar-refractivity contribution >= 4 is 9.04 Å². The highest BCUT2D eigenvalue weighted by molar-refractivity contribution is 6.55. The van der Waals surface area contributed by atoms with Gasteiger partial charge in [-0.05, 0) is 6.04 Å². The van der Waals surface area contributed by atoms with Gasteiger partial charge in [0.15, 0.2) is 9.04 Å². The standard InChI is InChI=1S/C10H22OSi/c1-3-5-6-7-8-9-10-12(11)4-2/h4,11-12H,2-3,5-10H2,1H3. The fourth-order valence-corrected chi connectivity index (χ4v) is 2.19. The normalized spacial score (nSPS) is 12.8. The second kappa shape index (κ2) is 9.01. The molecule has 0 spiro atoms. The molecule has 0 saturated carbocycles. The minimum absolute atomic E-state index is 1.02. The van der Waals surface area contributed by atoms with Crippen LogP contribution < -0.4 is 0 Å². The van der Waals surface area contributed by atoms with Crippen molar-refractivity contribution in [3.8, 4) is 0 Å². The van der Waals surface area contributed by atoms with Gasteiger partial charge in [0.25, 0.3) is 0 Å². The van der Waals surface area contributed by atoms with Gasteiger partial charge in [0.2, 0.25) is 0 Å². The summed E-state index contributed by atoms with van der Waals surface area (Å²) in [5.74, 6) is 0. The molecule has 0 bridgehead atoms. The van der Waals surface area contributed by atoms with Crippen molar-refractivity contribution in [3.63, 3.8) is 0 Å². The Morgan fingerprint density at radius 3 is 2.33 bits per heavy atom. The van der Waals surface area contributed by atoms with Gasteiger partial charge in [-0.15, -0.1) is 6.58 Å². The van der Waals surface area contributed by atoms with Crippen LogP contribution in [0.3, 0.4) is 0 Å². The van der Waals surface area contributed by atoms with Crippen molar-refractivity contribution in [2.45, 2.75) is 51.5 Å². The van der Waals surface area contributed by atoms with Crippen LogP contribution in [-0.2, 0) is 0 Å². The fourth-order valence-electron chi connectivity index (χ4n) is 1.25. The molecule has 1 unspecified atom stereocenters. The Hall–Kier alpha value is -0.0831. The van der Waals surface area contributed by atoms with Gasteiger partial charge >= 0.3 is 0 Å². The van der Waals surface area contributed by atoms with E-state index < -0.39 is 9.04 Å². The van der Waals surface area contributed by atoms with Gasteiger partial charge in [0.05, 0.1) is 0 Å². The molecule has 0 radical (unpaired) electrons. The lowest BCUT2D eigenvalue weighted by molar-refractivity contribution is 0.566. The van der Waals surface area contributed by atoms with Crippen LogP contribution in [0, 0.1) is 0 Å². The predicted molar refractivity (Wildman–Crippen MR) is 57.7 cm³/mol. The molecule has 0 fully saturated rings. The fraction of sp³-hybridized carbons (Fsp3) is 0.800. The predicted octanol–water partition coefficient (Wildman–Crippen LogP) is 2.79. The third-order valence-corrected chi connectivity index (χ3v) is 3.67. The van der Waals surface area contributed by atoms with Crippen molar-refractivity contribution in [2.75, 3.05) is 0 Å². The van der Waals surface area contributed by atoms with Gasteiger partial charge in [0.1, 0.15) is 0 Å². The first-order chi connectivity index (χ1) is 5.81. The van der Waals surface area contributed by atoms with Crippen LogP contribution >= 0.6 is 0 Å². The molecule has 0 rings (SSSR count). The number of hydrogen-bond donors (Lipinski definition) is 1. The molecule has 0 aromatic carbocycles. The summed E-state index contributed by atoms with van der Waals surface area (Å²) in [5, 5.41) is 0. The third kappa shape index (κ3) is 8.02. The van der Waals surface area contributed by atoms with Crippen LogP contribution in [0.15, 0.2) is 12.3 Å². The van der Waals surface area contributed by atoms with E-state index in [4.69, 9.17) is 0 Å². The second-order valence-corrected chi connectivity index (χ2v) is 5.54. The summed E-state index contributed by atoms with van der Waals surface area (Å²) in [6.07, 6.45) is 7.86. The van der Waals surface area contributed by atoms with Gasteiger partial charge in [-0.25, -0.2) is 0 Å². The molecule has 1 N–H and O–H groups in total. The number of hydrogen-bond acceptors (Lipinski definition) is 1. The highest BCUT2D eigenvalue weighted by atomic mass is 28.3. The van der Waals surface area contributed by atoms with Crippen LogP contribution in [0.25, 0.3) is 0 Å². The summed E-state index contributed by atoms with van der Waals surface area (Å²) in [4.78, 5) is 9.28. The first-order valence-corrected chi connectivity index (χ1v) is 7.11. The molecule has 0 aliphatic rings. The Morgan fingerprint density at radius 2 is 1.75 bits per heavy atom. The van der Waals surface area contributed by atoms with E-state index in [9.17, 15) is 4.80 Å². The number of unbranched alkanes of at least 4 members (excludes halogenated alkanes) is 5. The van der Waals surface area contributed by atoms with E-state index in [0.717, 1.165) is 6.04 Å². The minimum atomic E-state index is -1.48. The molecule has 2 heteroatoms. The molecule has 0 aliphatic carbocycles. The SMILES string of the molecule is C=C[SiH](O)CCCCCCCC. The lowest BCUT2D eigenvalue weighted by Crippen LogP contribution is -2.06. The monoisotopic (exact) mass is 186 g/mol. The van der Waals surface area contributed by atoms with Crippen molar-refractivity contribution < 1.29 is 4.80 Å². The van der Waals surface area contributed by atoms with Crippen LogP contribution in [0.2, 0.25) is 6.04 Å². The van der Waals surface area contributed by atoms with E-state index >= 15 is 0 Å².